The molecule has 2 aromatic rings. The zero-order valence-electron chi connectivity index (χ0n) is 12.0. The highest BCUT2D eigenvalue weighted by Crippen LogP contribution is 2.28. The summed E-state index contributed by atoms with van der Waals surface area (Å²) < 4.78 is 1.77. The first-order valence-corrected chi connectivity index (χ1v) is 7.51. The second-order valence-electron chi connectivity index (χ2n) is 5.87. The van der Waals surface area contributed by atoms with Crippen LogP contribution >= 0.6 is 0 Å². The van der Waals surface area contributed by atoms with Crippen LogP contribution in [0.4, 0.5) is 5.69 Å². The van der Waals surface area contributed by atoms with Crippen molar-refractivity contribution in [3.8, 4) is 5.82 Å². The van der Waals surface area contributed by atoms with Gasteiger partial charge in [0.25, 0.3) is 0 Å². The topological polar surface area (TPSA) is 42.7 Å². The van der Waals surface area contributed by atoms with E-state index in [1.807, 2.05) is 24.5 Å². The molecule has 0 radical (unpaired) electrons. The van der Waals surface area contributed by atoms with Gasteiger partial charge in [-0.25, -0.2) is 9.67 Å². The fourth-order valence-corrected chi connectivity index (χ4v) is 3.04. The van der Waals surface area contributed by atoms with Gasteiger partial charge in [0.2, 0.25) is 0 Å². The summed E-state index contributed by atoms with van der Waals surface area (Å²) in [4.78, 5) is 4.44. The maximum atomic E-state index is 4.44. The number of anilines is 1. The molecule has 4 heteroatoms. The average molecular weight is 270 g/mol. The van der Waals surface area contributed by atoms with Crippen molar-refractivity contribution in [1.82, 2.24) is 14.8 Å². The summed E-state index contributed by atoms with van der Waals surface area (Å²) in [6.45, 7) is 3.43. The molecule has 0 saturated heterocycles. The van der Waals surface area contributed by atoms with E-state index < -0.39 is 0 Å². The van der Waals surface area contributed by atoms with Crippen LogP contribution in [0, 0.1) is 11.8 Å². The molecule has 1 N–H and O–H groups in total. The van der Waals surface area contributed by atoms with E-state index in [4.69, 9.17) is 0 Å². The Hall–Kier alpha value is -1.84. The lowest BCUT2D eigenvalue weighted by atomic mass is 9.82. The number of nitrogens with one attached hydrogen (secondary N) is 1. The monoisotopic (exact) mass is 270 g/mol. The second kappa shape index (κ2) is 6.07. The van der Waals surface area contributed by atoms with Gasteiger partial charge in [0.15, 0.2) is 5.82 Å². The first-order chi connectivity index (χ1) is 9.81. The van der Waals surface area contributed by atoms with E-state index in [0.717, 1.165) is 29.9 Å². The minimum absolute atomic E-state index is 0.810. The van der Waals surface area contributed by atoms with Crippen LogP contribution in [0.1, 0.15) is 32.6 Å². The van der Waals surface area contributed by atoms with Crippen LogP contribution in [0.25, 0.3) is 5.82 Å². The molecule has 0 amide bonds. The molecule has 3 rings (SSSR count). The number of hydrogen-bond acceptors (Lipinski definition) is 3. The van der Waals surface area contributed by atoms with Gasteiger partial charge in [0.1, 0.15) is 0 Å². The van der Waals surface area contributed by atoms with E-state index >= 15 is 0 Å². The lowest BCUT2D eigenvalue weighted by molar-refractivity contribution is 0.293. The highest BCUT2D eigenvalue weighted by atomic mass is 15.3. The maximum absolute atomic E-state index is 4.44. The molecule has 2 heterocycles. The van der Waals surface area contributed by atoms with E-state index in [1.54, 1.807) is 10.9 Å². The van der Waals surface area contributed by atoms with Gasteiger partial charge in [0, 0.05) is 18.9 Å². The molecule has 2 atom stereocenters. The average Bonchev–Trinajstić information content (AvgIpc) is 3.00. The van der Waals surface area contributed by atoms with Crippen LogP contribution < -0.4 is 5.32 Å². The molecule has 0 aromatic carbocycles. The van der Waals surface area contributed by atoms with Crippen LogP contribution in [-0.4, -0.2) is 21.3 Å². The minimum atomic E-state index is 0.810. The number of nitrogens with zero attached hydrogens (tertiary/aromatic N) is 3. The summed E-state index contributed by atoms with van der Waals surface area (Å²) in [5, 5.41) is 7.69. The molecule has 20 heavy (non-hydrogen) atoms. The van der Waals surface area contributed by atoms with Gasteiger partial charge < -0.3 is 5.32 Å². The summed E-state index contributed by atoms with van der Waals surface area (Å²) in [6.07, 6.45) is 11.0. The standard InChI is InChI=1S/C16H22N4/c1-13-4-2-5-14(10-13)11-17-15-6-7-16(18-12-15)20-9-3-8-19-20/h3,6-9,12-14,17H,2,4-5,10-11H2,1H3. The Kier molecular flexibility index (Phi) is 4.00. The van der Waals surface area contributed by atoms with Gasteiger partial charge in [-0.1, -0.05) is 19.8 Å². The fraction of sp³-hybridized carbons (Fsp3) is 0.500. The van der Waals surface area contributed by atoms with Crippen molar-refractivity contribution < 1.29 is 0 Å². The predicted molar refractivity (Wildman–Crippen MR) is 81.0 cm³/mol. The van der Waals surface area contributed by atoms with Crippen molar-refractivity contribution in [1.29, 1.82) is 0 Å². The van der Waals surface area contributed by atoms with Crippen molar-refractivity contribution in [3.05, 3.63) is 36.8 Å². The van der Waals surface area contributed by atoms with E-state index in [0.29, 0.717) is 0 Å². The van der Waals surface area contributed by atoms with Gasteiger partial charge in [-0.15, -0.1) is 0 Å². The number of rotatable bonds is 4. The van der Waals surface area contributed by atoms with Gasteiger partial charge in [-0.05, 0) is 42.9 Å². The Morgan fingerprint density at radius 1 is 1.35 bits per heavy atom. The number of hydrogen-bond donors (Lipinski definition) is 1. The normalized spacial score (nSPS) is 22.6. The number of pyridine rings is 1. The predicted octanol–water partition coefficient (Wildman–Crippen LogP) is 3.51. The van der Waals surface area contributed by atoms with Crippen LogP contribution in [0.2, 0.25) is 0 Å². The molecule has 4 nitrogen and oxygen atoms in total. The van der Waals surface area contributed by atoms with E-state index in [2.05, 4.69) is 28.4 Å². The van der Waals surface area contributed by atoms with E-state index in [9.17, 15) is 0 Å². The van der Waals surface area contributed by atoms with Crippen molar-refractivity contribution in [3.63, 3.8) is 0 Å². The van der Waals surface area contributed by atoms with Gasteiger partial charge in [-0.3, -0.25) is 0 Å². The smallest absolute Gasteiger partial charge is 0.153 e. The summed E-state index contributed by atoms with van der Waals surface area (Å²) in [5.74, 6) is 2.55. The Bertz CT molecular complexity index is 518. The van der Waals surface area contributed by atoms with Crippen LogP contribution in [0.3, 0.4) is 0 Å². The Morgan fingerprint density at radius 2 is 2.30 bits per heavy atom. The molecule has 1 aliphatic rings. The van der Waals surface area contributed by atoms with Crippen LogP contribution in [0.5, 0.6) is 0 Å². The molecule has 1 aliphatic carbocycles. The van der Waals surface area contributed by atoms with Crippen LogP contribution in [0.15, 0.2) is 36.8 Å². The first-order valence-electron chi connectivity index (χ1n) is 7.51. The zero-order chi connectivity index (χ0) is 13.8. The fourth-order valence-electron chi connectivity index (χ4n) is 3.04. The third kappa shape index (κ3) is 3.18. The third-order valence-corrected chi connectivity index (χ3v) is 4.13. The summed E-state index contributed by atoms with van der Waals surface area (Å²) in [6, 6.07) is 5.98. The Morgan fingerprint density at radius 3 is 3.00 bits per heavy atom. The van der Waals surface area contributed by atoms with Crippen molar-refractivity contribution in [2.24, 2.45) is 11.8 Å². The molecule has 0 bridgehead atoms. The lowest BCUT2D eigenvalue weighted by Gasteiger charge is -2.27. The van der Waals surface area contributed by atoms with Crippen molar-refractivity contribution >= 4 is 5.69 Å². The summed E-state index contributed by atoms with van der Waals surface area (Å²) in [7, 11) is 0. The molecule has 2 aromatic heterocycles. The Labute approximate surface area is 120 Å². The molecule has 1 fully saturated rings. The quantitative estimate of drug-likeness (QED) is 0.924. The largest absolute Gasteiger partial charge is 0.384 e. The molecule has 0 spiro atoms. The number of aromatic nitrogens is 3. The molecule has 2 unspecified atom stereocenters. The highest BCUT2D eigenvalue weighted by molar-refractivity contribution is 5.43. The molecular weight excluding hydrogens is 248 g/mol. The van der Waals surface area contributed by atoms with Gasteiger partial charge in [-0.2, -0.15) is 5.10 Å². The van der Waals surface area contributed by atoms with Crippen molar-refractivity contribution in [2.45, 2.75) is 32.6 Å². The summed E-state index contributed by atoms with van der Waals surface area (Å²) >= 11 is 0. The third-order valence-electron chi connectivity index (χ3n) is 4.13. The highest BCUT2D eigenvalue weighted by Gasteiger charge is 2.18. The zero-order valence-corrected chi connectivity index (χ0v) is 12.0. The second-order valence-corrected chi connectivity index (χ2v) is 5.87. The first kappa shape index (κ1) is 13.2. The molecule has 1 saturated carbocycles. The molecule has 106 valence electrons. The van der Waals surface area contributed by atoms with E-state index in [-0.39, 0.29) is 0 Å². The maximum Gasteiger partial charge on any atom is 0.153 e. The van der Waals surface area contributed by atoms with Gasteiger partial charge >= 0.3 is 0 Å². The van der Waals surface area contributed by atoms with Gasteiger partial charge in [0.05, 0.1) is 11.9 Å². The SMILES string of the molecule is CC1CCCC(CNc2ccc(-n3cccn3)nc2)C1. The molecular formula is C16H22N4. The van der Waals surface area contributed by atoms with Crippen molar-refractivity contribution in [2.75, 3.05) is 11.9 Å². The summed E-state index contributed by atoms with van der Waals surface area (Å²) in [5.41, 5.74) is 1.10. The Balaban J connectivity index is 1.56. The van der Waals surface area contributed by atoms with E-state index in [1.165, 1.54) is 25.7 Å². The molecule has 0 aliphatic heterocycles. The van der Waals surface area contributed by atoms with Crippen LogP contribution in [-0.2, 0) is 0 Å². The minimum Gasteiger partial charge on any atom is -0.384 e. The lowest BCUT2D eigenvalue weighted by Crippen LogP contribution is -2.21.